The maximum absolute atomic E-state index is 11.1. The zero-order valence-corrected chi connectivity index (χ0v) is 11.1. The van der Waals surface area contributed by atoms with E-state index in [1.165, 1.54) is 6.07 Å². The highest BCUT2D eigenvalue weighted by atomic mass is 35.5. The third-order valence-electron chi connectivity index (χ3n) is 2.78. The summed E-state index contributed by atoms with van der Waals surface area (Å²) in [7, 11) is 0. The second-order valence-electron chi connectivity index (χ2n) is 3.99. The van der Waals surface area contributed by atoms with Crippen LogP contribution >= 0.6 is 23.2 Å². The largest absolute Gasteiger partial charge is 0.477 e. The van der Waals surface area contributed by atoms with Gasteiger partial charge < -0.3 is 9.67 Å². The molecule has 5 heteroatoms. The number of nitrogens with zero attached hydrogens (tertiary/aromatic N) is 1. The van der Waals surface area contributed by atoms with Crippen molar-refractivity contribution >= 4 is 29.2 Å². The lowest BCUT2D eigenvalue weighted by molar-refractivity contribution is 0.0684. The summed E-state index contributed by atoms with van der Waals surface area (Å²) in [5.41, 5.74) is 1.09. The summed E-state index contributed by atoms with van der Waals surface area (Å²) in [6, 6.07) is 8.60. The fourth-order valence-corrected chi connectivity index (χ4v) is 2.27. The number of hydrogen-bond acceptors (Lipinski definition) is 1. The van der Waals surface area contributed by atoms with Crippen molar-refractivity contribution in [3.63, 3.8) is 0 Å². The van der Waals surface area contributed by atoms with Crippen LogP contribution < -0.4 is 0 Å². The Bertz CT molecular complexity index is 592. The molecule has 0 saturated heterocycles. The summed E-state index contributed by atoms with van der Waals surface area (Å²) in [6.45, 7) is 1.90. The van der Waals surface area contributed by atoms with Crippen LogP contribution in [0.2, 0.25) is 10.0 Å². The lowest BCUT2D eigenvalue weighted by Gasteiger charge is -2.16. The van der Waals surface area contributed by atoms with Gasteiger partial charge in [-0.2, -0.15) is 0 Å². The molecule has 18 heavy (non-hydrogen) atoms. The summed E-state index contributed by atoms with van der Waals surface area (Å²) in [6.07, 6.45) is 1.61. The normalized spacial score (nSPS) is 12.4. The zero-order chi connectivity index (χ0) is 13.3. The predicted octanol–water partition coefficient (Wildman–Crippen LogP) is 4.10. The van der Waals surface area contributed by atoms with E-state index in [4.69, 9.17) is 28.3 Å². The maximum atomic E-state index is 11.1. The van der Waals surface area contributed by atoms with Gasteiger partial charge in [-0.25, -0.2) is 4.79 Å². The van der Waals surface area contributed by atoms with Crippen LogP contribution in [0.4, 0.5) is 0 Å². The molecule has 1 unspecified atom stereocenters. The first-order chi connectivity index (χ1) is 8.49. The molecule has 1 atom stereocenters. The lowest BCUT2D eigenvalue weighted by atomic mass is 10.1. The van der Waals surface area contributed by atoms with E-state index in [1.807, 2.05) is 25.1 Å². The van der Waals surface area contributed by atoms with Gasteiger partial charge in [0, 0.05) is 11.2 Å². The molecule has 0 bridgehead atoms. The average Bonchev–Trinajstić information content (AvgIpc) is 2.70. The number of benzene rings is 1. The van der Waals surface area contributed by atoms with Gasteiger partial charge in [-0.15, -0.1) is 0 Å². The predicted molar refractivity (Wildman–Crippen MR) is 71.7 cm³/mol. The average molecular weight is 284 g/mol. The number of aromatic carboxylic acids is 1. The molecule has 0 radical (unpaired) electrons. The molecule has 1 aromatic carbocycles. The van der Waals surface area contributed by atoms with Crippen LogP contribution in [0.3, 0.4) is 0 Å². The molecule has 0 fully saturated rings. The van der Waals surface area contributed by atoms with Gasteiger partial charge in [0.1, 0.15) is 5.69 Å². The molecule has 94 valence electrons. The molecule has 0 aliphatic heterocycles. The second-order valence-corrected chi connectivity index (χ2v) is 4.86. The van der Waals surface area contributed by atoms with Crippen molar-refractivity contribution in [2.45, 2.75) is 13.0 Å². The Morgan fingerprint density at radius 2 is 2.00 bits per heavy atom. The Morgan fingerprint density at radius 3 is 2.61 bits per heavy atom. The number of halogens is 2. The Hall–Kier alpha value is -1.45. The zero-order valence-electron chi connectivity index (χ0n) is 9.60. The van der Waals surface area contributed by atoms with Gasteiger partial charge in [0.25, 0.3) is 0 Å². The number of hydrogen-bond donors (Lipinski definition) is 1. The van der Waals surface area contributed by atoms with Gasteiger partial charge in [0.05, 0.1) is 11.1 Å². The molecular weight excluding hydrogens is 273 g/mol. The van der Waals surface area contributed by atoms with Crippen molar-refractivity contribution in [2.24, 2.45) is 0 Å². The summed E-state index contributed by atoms with van der Waals surface area (Å²) < 4.78 is 1.62. The third kappa shape index (κ3) is 2.52. The van der Waals surface area contributed by atoms with Crippen LogP contribution in [0, 0.1) is 0 Å². The number of aromatic nitrogens is 1. The maximum Gasteiger partial charge on any atom is 0.352 e. The molecule has 1 aromatic heterocycles. The van der Waals surface area contributed by atoms with Crippen LogP contribution in [0.5, 0.6) is 0 Å². The molecule has 0 aliphatic rings. The highest BCUT2D eigenvalue weighted by Crippen LogP contribution is 2.25. The van der Waals surface area contributed by atoms with E-state index in [0.29, 0.717) is 10.0 Å². The Kier molecular flexibility index (Phi) is 3.64. The van der Waals surface area contributed by atoms with Crippen molar-refractivity contribution in [2.75, 3.05) is 0 Å². The van der Waals surface area contributed by atoms with E-state index in [2.05, 4.69) is 0 Å². The Labute approximate surface area is 115 Å². The molecule has 0 amide bonds. The molecule has 0 spiro atoms. The van der Waals surface area contributed by atoms with E-state index in [-0.39, 0.29) is 11.7 Å². The van der Waals surface area contributed by atoms with Crippen LogP contribution in [0.1, 0.15) is 29.0 Å². The van der Waals surface area contributed by atoms with E-state index in [1.54, 1.807) is 16.8 Å². The van der Waals surface area contributed by atoms with Crippen LogP contribution in [0.15, 0.2) is 36.5 Å². The summed E-state index contributed by atoms with van der Waals surface area (Å²) in [5, 5.41) is 10.1. The molecule has 2 rings (SSSR count). The minimum Gasteiger partial charge on any atom is -0.477 e. The quantitative estimate of drug-likeness (QED) is 0.921. The minimum absolute atomic E-state index is 0.151. The first-order valence-electron chi connectivity index (χ1n) is 5.35. The Balaban J connectivity index is 2.45. The number of carboxylic acid groups (broad SMARTS) is 1. The van der Waals surface area contributed by atoms with Gasteiger partial charge in [0.2, 0.25) is 0 Å². The van der Waals surface area contributed by atoms with Crippen LogP contribution in [-0.4, -0.2) is 15.6 Å². The molecule has 0 aliphatic carbocycles. The van der Waals surface area contributed by atoms with E-state index >= 15 is 0 Å². The highest BCUT2D eigenvalue weighted by Gasteiger charge is 2.17. The van der Waals surface area contributed by atoms with Gasteiger partial charge in [-0.05, 0) is 30.7 Å². The lowest BCUT2D eigenvalue weighted by Crippen LogP contribution is -2.12. The standard InChI is InChI=1S/C13H11Cl2NO2/c1-8(9-3-2-4-10(14)5-9)16-7-11(15)6-12(16)13(17)18/h2-8H,1H3,(H,17,18). The summed E-state index contributed by atoms with van der Waals surface area (Å²) in [5.74, 6) is -1.00. The van der Waals surface area contributed by atoms with Gasteiger partial charge >= 0.3 is 5.97 Å². The van der Waals surface area contributed by atoms with E-state index < -0.39 is 5.97 Å². The summed E-state index contributed by atoms with van der Waals surface area (Å²) in [4.78, 5) is 11.1. The molecule has 0 saturated carbocycles. The fourth-order valence-electron chi connectivity index (χ4n) is 1.86. The van der Waals surface area contributed by atoms with Crippen LogP contribution in [0.25, 0.3) is 0 Å². The van der Waals surface area contributed by atoms with Crippen LogP contribution in [-0.2, 0) is 0 Å². The topological polar surface area (TPSA) is 42.2 Å². The van der Waals surface area contributed by atoms with Crippen molar-refractivity contribution in [1.82, 2.24) is 4.57 Å². The smallest absolute Gasteiger partial charge is 0.352 e. The molecule has 1 N–H and O–H groups in total. The molecule has 1 heterocycles. The first kappa shape index (κ1) is 13.0. The Morgan fingerprint density at radius 1 is 1.28 bits per heavy atom. The van der Waals surface area contributed by atoms with Gasteiger partial charge in [0.15, 0.2) is 0 Å². The van der Waals surface area contributed by atoms with Crippen molar-refractivity contribution < 1.29 is 9.90 Å². The monoisotopic (exact) mass is 283 g/mol. The van der Waals surface area contributed by atoms with E-state index in [9.17, 15) is 4.79 Å². The first-order valence-corrected chi connectivity index (χ1v) is 6.11. The third-order valence-corrected chi connectivity index (χ3v) is 3.22. The van der Waals surface area contributed by atoms with Crippen molar-refractivity contribution in [3.8, 4) is 0 Å². The fraction of sp³-hybridized carbons (Fsp3) is 0.154. The van der Waals surface area contributed by atoms with Crippen molar-refractivity contribution in [3.05, 3.63) is 57.8 Å². The summed E-state index contributed by atoms with van der Waals surface area (Å²) >= 11 is 11.8. The number of carboxylic acids is 1. The molecule has 2 aromatic rings. The highest BCUT2D eigenvalue weighted by molar-refractivity contribution is 6.31. The number of carbonyl (C=O) groups is 1. The van der Waals surface area contributed by atoms with Crippen molar-refractivity contribution in [1.29, 1.82) is 0 Å². The van der Waals surface area contributed by atoms with E-state index in [0.717, 1.165) is 5.56 Å². The SMILES string of the molecule is CC(c1cccc(Cl)c1)n1cc(Cl)cc1C(=O)O. The minimum atomic E-state index is -1.00. The van der Waals surface area contributed by atoms with Gasteiger partial charge in [-0.3, -0.25) is 0 Å². The molecular formula is C13H11Cl2NO2. The molecule has 3 nitrogen and oxygen atoms in total. The second kappa shape index (κ2) is 5.04. The van der Waals surface area contributed by atoms with Gasteiger partial charge in [-0.1, -0.05) is 35.3 Å². The number of rotatable bonds is 3.